The fourth-order valence-electron chi connectivity index (χ4n) is 4.30. The van der Waals surface area contributed by atoms with Gasteiger partial charge in [-0.2, -0.15) is 0 Å². The van der Waals surface area contributed by atoms with Crippen molar-refractivity contribution in [2.24, 2.45) is 0 Å². The minimum absolute atomic E-state index is 0.0884. The lowest BCUT2D eigenvalue weighted by Crippen LogP contribution is -2.41. The van der Waals surface area contributed by atoms with Crippen LogP contribution in [0.5, 0.6) is 17.2 Å². The van der Waals surface area contributed by atoms with Gasteiger partial charge in [-0.3, -0.25) is 9.69 Å². The van der Waals surface area contributed by atoms with Crippen LogP contribution in [-0.2, 0) is 11.2 Å². The molecule has 1 aliphatic heterocycles. The van der Waals surface area contributed by atoms with E-state index in [9.17, 15) is 9.90 Å². The van der Waals surface area contributed by atoms with E-state index in [0.29, 0.717) is 46.2 Å². The van der Waals surface area contributed by atoms with Gasteiger partial charge in [0.1, 0.15) is 12.4 Å². The van der Waals surface area contributed by atoms with E-state index < -0.39 is 6.04 Å². The Morgan fingerprint density at radius 1 is 0.886 bits per heavy atom. The lowest BCUT2D eigenvalue weighted by atomic mass is 9.86. The molecule has 1 N–H and O–H groups in total. The highest BCUT2D eigenvalue weighted by Gasteiger charge is 2.37. The summed E-state index contributed by atoms with van der Waals surface area (Å²) in [7, 11) is 0. The third-order valence-electron chi connectivity index (χ3n) is 5.68. The zero-order valence-corrected chi connectivity index (χ0v) is 21.1. The fraction of sp³-hybridized carbons (Fsp3) is 0.296. The first-order valence-corrected chi connectivity index (χ1v) is 12.3. The summed E-state index contributed by atoms with van der Waals surface area (Å²) in [5.41, 5.74) is 3.15. The van der Waals surface area contributed by atoms with Crippen LogP contribution in [0.3, 0.4) is 0 Å². The third kappa shape index (κ3) is 5.35. The van der Waals surface area contributed by atoms with Gasteiger partial charge in [-0.15, -0.1) is 0 Å². The number of hydrogen-bond donors (Lipinski definition) is 1. The molecule has 3 aromatic rings. The first-order valence-electron chi connectivity index (χ1n) is 11.5. The number of aliphatic hydroxyl groups excluding tert-OH is 1. The van der Waals surface area contributed by atoms with E-state index >= 15 is 0 Å². The number of aliphatic hydroxyl groups is 1. The van der Waals surface area contributed by atoms with E-state index in [1.807, 2.05) is 38.1 Å². The number of carbonyl (C=O) groups excluding carboxylic acids is 1. The van der Waals surface area contributed by atoms with Crippen LogP contribution in [0.2, 0.25) is 10.0 Å². The fourth-order valence-corrected chi connectivity index (χ4v) is 4.59. The number of carbonyl (C=O) groups is 1. The molecule has 0 saturated heterocycles. The van der Waals surface area contributed by atoms with Crippen LogP contribution in [-0.4, -0.2) is 37.4 Å². The average molecular weight is 516 g/mol. The van der Waals surface area contributed by atoms with Gasteiger partial charge in [-0.25, -0.2) is 0 Å². The van der Waals surface area contributed by atoms with Gasteiger partial charge >= 0.3 is 0 Å². The Bertz CT molecular complexity index is 1200. The molecule has 1 atom stereocenters. The number of amides is 1. The monoisotopic (exact) mass is 515 g/mol. The maximum absolute atomic E-state index is 13.7. The SMILES string of the molecule is CCOc1cc2c(cc1OCC)C(c1ccc(Cl)cc1)N(c1cc(Cl)ccc1OCCO)C(=O)C2. The molecule has 1 unspecified atom stereocenters. The highest BCUT2D eigenvalue weighted by atomic mass is 35.5. The number of anilines is 1. The van der Waals surface area contributed by atoms with Crippen LogP contribution < -0.4 is 19.1 Å². The lowest BCUT2D eigenvalue weighted by molar-refractivity contribution is -0.118. The molecule has 184 valence electrons. The minimum atomic E-state index is -0.492. The van der Waals surface area contributed by atoms with E-state index in [2.05, 4.69) is 0 Å². The highest BCUT2D eigenvalue weighted by Crippen LogP contribution is 2.46. The third-order valence-corrected chi connectivity index (χ3v) is 6.17. The molecule has 1 amide bonds. The standard InChI is InChI=1S/C27H27Cl2NO5/c1-3-33-24-13-18-14-26(32)30(22-15-20(29)9-10-23(22)35-12-11-31)27(17-5-7-19(28)8-6-17)21(18)16-25(24)34-4-2/h5-10,13,15-16,27,31H,3-4,11-12,14H2,1-2H3. The molecule has 0 fully saturated rings. The molecule has 8 heteroatoms. The number of halogens is 2. The molecule has 0 aliphatic carbocycles. The first-order chi connectivity index (χ1) is 17.0. The van der Waals surface area contributed by atoms with E-state index in [1.165, 1.54) is 0 Å². The smallest absolute Gasteiger partial charge is 0.232 e. The Morgan fingerprint density at radius 3 is 2.20 bits per heavy atom. The van der Waals surface area contributed by atoms with Gasteiger partial charge in [0.15, 0.2) is 11.5 Å². The second-order valence-electron chi connectivity index (χ2n) is 7.94. The number of benzene rings is 3. The molecule has 0 aromatic heterocycles. The predicted molar refractivity (Wildman–Crippen MR) is 137 cm³/mol. The normalized spacial score (nSPS) is 15.1. The van der Waals surface area contributed by atoms with Crippen LogP contribution in [0.25, 0.3) is 0 Å². The topological polar surface area (TPSA) is 68.2 Å². The molecular weight excluding hydrogens is 489 g/mol. The summed E-state index contributed by atoms with van der Waals surface area (Å²) < 4.78 is 17.5. The van der Waals surface area contributed by atoms with Crippen molar-refractivity contribution in [3.63, 3.8) is 0 Å². The van der Waals surface area contributed by atoms with Crippen LogP contribution in [0.1, 0.15) is 36.6 Å². The molecule has 3 aromatic carbocycles. The lowest BCUT2D eigenvalue weighted by Gasteiger charge is -2.38. The van der Waals surface area contributed by atoms with Gasteiger partial charge < -0.3 is 19.3 Å². The first kappa shape index (κ1) is 25.2. The molecule has 0 radical (unpaired) electrons. The number of nitrogens with zero attached hydrogens (tertiary/aromatic N) is 1. The average Bonchev–Trinajstić information content (AvgIpc) is 2.84. The second-order valence-corrected chi connectivity index (χ2v) is 8.82. The van der Waals surface area contributed by atoms with Crippen molar-refractivity contribution in [2.45, 2.75) is 26.3 Å². The quantitative estimate of drug-likeness (QED) is 0.387. The molecule has 0 bridgehead atoms. The summed E-state index contributed by atoms with van der Waals surface area (Å²) >= 11 is 12.5. The van der Waals surface area contributed by atoms with Crippen molar-refractivity contribution in [1.82, 2.24) is 0 Å². The Hall–Kier alpha value is -2.93. The van der Waals surface area contributed by atoms with Crippen LogP contribution in [0.15, 0.2) is 54.6 Å². The Labute approximate surface area is 214 Å². The summed E-state index contributed by atoms with van der Waals surface area (Å²) in [6.07, 6.45) is 0.165. The molecule has 1 heterocycles. The number of fused-ring (bicyclic) bond motifs is 1. The minimum Gasteiger partial charge on any atom is -0.490 e. The van der Waals surface area contributed by atoms with E-state index in [1.54, 1.807) is 35.2 Å². The molecule has 1 aliphatic rings. The van der Waals surface area contributed by atoms with Crippen molar-refractivity contribution < 1.29 is 24.1 Å². The maximum Gasteiger partial charge on any atom is 0.232 e. The summed E-state index contributed by atoms with van der Waals surface area (Å²) in [5.74, 6) is 1.55. The molecule has 0 saturated carbocycles. The Kier molecular flexibility index (Phi) is 8.06. The summed E-state index contributed by atoms with van der Waals surface area (Å²) in [5, 5.41) is 10.4. The molecular formula is C27H27Cl2NO5. The van der Waals surface area contributed by atoms with Gasteiger partial charge in [0, 0.05) is 10.0 Å². The van der Waals surface area contributed by atoms with Crippen molar-refractivity contribution in [2.75, 3.05) is 31.3 Å². The van der Waals surface area contributed by atoms with Crippen molar-refractivity contribution in [3.8, 4) is 17.2 Å². The van der Waals surface area contributed by atoms with Crippen LogP contribution in [0.4, 0.5) is 5.69 Å². The number of hydrogen-bond acceptors (Lipinski definition) is 5. The van der Waals surface area contributed by atoms with Gasteiger partial charge in [0.25, 0.3) is 0 Å². The van der Waals surface area contributed by atoms with Crippen molar-refractivity contribution >= 4 is 34.8 Å². The van der Waals surface area contributed by atoms with Crippen LogP contribution in [0, 0.1) is 0 Å². The summed E-state index contributed by atoms with van der Waals surface area (Å²) in [4.78, 5) is 15.4. The highest BCUT2D eigenvalue weighted by molar-refractivity contribution is 6.31. The molecule has 6 nitrogen and oxygen atoms in total. The van der Waals surface area contributed by atoms with E-state index in [-0.39, 0.29) is 25.5 Å². The van der Waals surface area contributed by atoms with Crippen molar-refractivity contribution in [3.05, 3.63) is 81.3 Å². The second kappa shape index (κ2) is 11.2. The van der Waals surface area contributed by atoms with Gasteiger partial charge in [-0.05, 0) is 73.0 Å². The van der Waals surface area contributed by atoms with Crippen molar-refractivity contribution in [1.29, 1.82) is 0 Å². The van der Waals surface area contributed by atoms with Gasteiger partial charge in [-0.1, -0.05) is 35.3 Å². The maximum atomic E-state index is 13.7. The van der Waals surface area contributed by atoms with Gasteiger partial charge in [0.05, 0.1) is 38.0 Å². The molecule has 0 spiro atoms. The Balaban J connectivity index is 1.94. The Morgan fingerprint density at radius 2 is 1.54 bits per heavy atom. The molecule has 4 rings (SSSR count). The van der Waals surface area contributed by atoms with Crippen LogP contribution >= 0.6 is 23.2 Å². The van der Waals surface area contributed by atoms with E-state index in [4.69, 9.17) is 37.4 Å². The van der Waals surface area contributed by atoms with Gasteiger partial charge in [0.2, 0.25) is 5.91 Å². The zero-order chi connectivity index (χ0) is 24.9. The molecule has 35 heavy (non-hydrogen) atoms. The largest absolute Gasteiger partial charge is 0.490 e. The predicted octanol–water partition coefficient (Wildman–Crippen LogP) is 5.84. The number of ether oxygens (including phenoxy) is 3. The number of rotatable bonds is 9. The van der Waals surface area contributed by atoms with E-state index in [0.717, 1.165) is 16.7 Å². The summed E-state index contributed by atoms with van der Waals surface area (Å²) in [6, 6.07) is 15.9. The zero-order valence-electron chi connectivity index (χ0n) is 19.6. The summed E-state index contributed by atoms with van der Waals surface area (Å²) in [6.45, 7) is 4.71.